The van der Waals surface area contributed by atoms with Crippen molar-refractivity contribution in [3.8, 4) is 0 Å². The van der Waals surface area contributed by atoms with Gasteiger partial charge in [0.2, 0.25) is 0 Å². The summed E-state index contributed by atoms with van der Waals surface area (Å²) in [6.45, 7) is 7.67. The van der Waals surface area contributed by atoms with Gasteiger partial charge in [0, 0.05) is 18.8 Å². The Hall–Kier alpha value is -0.160. The highest BCUT2D eigenvalue weighted by Gasteiger charge is 2.22. The van der Waals surface area contributed by atoms with Crippen LogP contribution in [0.2, 0.25) is 0 Å². The fourth-order valence-electron chi connectivity index (χ4n) is 2.01. The Labute approximate surface area is 105 Å². The first kappa shape index (κ1) is 14.9. The summed E-state index contributed by atoms with van der Waals surface area (Å²) < 4.78 is 11.0. The zero-order chi connectivity index (χ0) is 12.6. The fourth-order valence-corrected chi connectivity index (χ4v) is 2.01. The van der Waals surface area contributed by atoms with Gasteiger partial charge in [-0.2, -0.15) is 0 Å². The monoisotopic (exact) mass is 245 g/mol. The molecular formula is C13H27NO3. The van der Waals surface area contributed by atoms with Crippen LogP contribution in [0.1, 0.15) is 39.5 Å². The van der Waals surface area contributed by atoms with Crippen molar-refractivity contribution in [1.82, 2.24) is 5.32 Å². The number of nitrogens with one attached hydrogen (secondary N) is 1. The van der Waals surface area contributed by atoms with Crippen molar-refractivity contribution >= 4 is 0 Å². The Balaban J connectivity index is 2.09. The third kappa shape index (κ3) is 5.82. The van der Waals surface area contributed by atoms with Crippen LogP contribution in [0.15, 0.2) is 0 Å². The highest BCUT2D eigenvalue weighted by Crippen LogP contribution is 2.14. The van der Waals surface area contributed by atoms with Crippen LogP contribution in [0.4, 0.5) is 0 Å². The fraction of sp³-hybridized carbons (Fsp3) is 1.00. The van der Waals surface area contributed by atoms with Crippen molar-refractivity contribution < 1.29 is 14.6 Å². The van der Waals surface area contributed by atoms with Crippen LogP contribution in [0, 0.1) is 0 Å². The van der Waals surface area contributed by atoms with Crippen molar-refractivity contribution in [1.29, 1.82) is 0 Å². The minimum atomic E-state index is -0.161. The molecule has 1 fully saturated rings. The molecule has 2 N–H and O–H groups in total. The van der Waals surface area contributed by atoms with Crippen molar-refractivity contribution in [2.24, 2.45) is 0 Å². The molecule has 0 aliphatic carbocycles. The molecule has 2 unspecified atom stereocenters. The van der Waals surface area contributed by atoms with Crippen molar-refractivity contribution in [2.75, 3.05) is 33.0 Å². The van der Waals surface area contributed by atoms with Gasteiger partial charge in [0.1, 0.15) is 0 Å². The van der Waals surface area contributed by atoms with Crippen molar-refractivity contribution in [3.05, 3.63) is 0 Å². The molecule has 0 amide bonds. The van der Waals surface area contributed by atoms with Crippen molar-refractivity contribution in [2.45, 2.75) is 51.2 Å². The second-order valence-electron chi connectivity index (χ2n) is 5.11. The Kier molecular flexibility index (Phi) is 7.04. The molecule has 0 aromatic carbocycles. The van der Waals surface area contributed by atoms with E-state index < -0.39 is 0 Å². The SMILES string of the molecule is CCCNC(C)(CO)CCCOC1CCOC1. The zero-order valence-electron chi connectivity index (χ0n) is 11.2. The van der Waals surface area contributed by atoms with E-state index in [0.717, 1.165) is 52.0 Å². The first-order chi connectivity index (χ1) is 8.20. The Morgan fingerprint density at radius 1 is 1.53 bits per heavy atom. The summed E-state index contributed by atoms with van der Waals surface area (Å²) in [6.07, 6.45) is 4.32. The van der Waals surface area contributed by atoms with E-state index in [2.05, 4.69) is 19.2 Å². The van der Waals surface area contributed by atoms with E-state index in [1.807, 2.05) is 0 Å². The van der Waals surface area contributed by atoms with Gasteiger partial charge in [0.15, 0.2) is 0 Å². The third-order valence-corrected chi connectivity index (χ3v) is 3.27. The molecule has 1 rings (SSSR count). The molecule has 1 aliphatic heterocycles. The summed E-state index contributed by atoms with van der Waals surface area (Å²) in [5.41, 5.74) is -0.161. The van der Waals surface area contributed by atoms with E-state index in [4.69, 9.17) is 9.47 Å². The molecule has 2 atom stereocenters. The molecule has 0 aromatic heterocycles. The number of rotatable bonds is 9. The Morgan fingerprint density at radius 3 is 2.94 bits per heavy atom. The lowest BCUT2D eigenvalue weighted by Gasteiger charge is -2.29. The van der Waals surface area contributed by atoms with Crippen LogP contribution < -0.4 is 5.32 Å². The highest BCUT2D eigenvalue weighted by atomic mass is 16.5. The van der Waals surface area contributed by atoms with Gasteiger partial charge in [0.25, 0.3) is 0 Å². The maximum atomic E-state index is 9.40. The first-order valence-electron chi connectivity index (χ1n) is 6.75. The summed E-state index contributed by atoms with van der Waals surface area (Å²) >= 11 is 0. The van der Waals surface area contributed by atoms with Gasteiger partial charge in [-0.05, 0) is 39.2 Å². The lowest BCUT2D eigenvalue weighted by molar-refractivity contribution is 0.0357. The predicted octanol–water partition coefficient (Wildman–Crippen LogP) is 1.32. The van der Waals surface area contributed by atoms with Crippen molar-refractivity contribution in [3.63, 3.8) is 0 Å². The summed E-state index contributed by atoms with van der Waals surface area (Å²) in [6, 6.07) is 0. The second-order valence-corrected chi connectivity index (χ2v) is 5.11. The molecule has 0 aromatic rings. The predicted molar refractivity (Wildman–Crippen MR) is 68.2 cm³/mol. The van der Waals surface area contributed by atoms with Gasteiger partial charge in [-0.3, -0.25) is 0 Å². The van der Waals surface area contributed by atoms with Crippen LogP contribution >= 0.6 is 0 Å². The van der Waals surface area contributed by atoms with E-state index in [1.54, 1.807) is 0 Å². The summed E-state index contributed by atoms with van der Waals surface area (Å²) in [5.74, 6) is 0. The van der Waals surface area contributed by atoms with Gasteiger partial charge < -0.3 is 19.9 Å². The average molecular weight is 245 g/mol. The van der Waals surface area contributed by atoms with Crippen LogP contribution in [0.3, 0.4) is 0 Å². The number of ether oxygens (including phenoxy) is 2. The second kappa shape index (κ2) is 8.03. The summed E-state index contributed by atoms with van der Waals surface area (Å²) in [5, 5.41) is 12.8. The van der Waals surface area contributed by atoms with Gasteiger partial charge in [-0.25, -0.2) is 0 Å². The number of aliphatic hydroxyl groups is 1. The summed E-state index contributed by atoms with van der Waals surface area (Å²) in [7, 11) is 0. The number of hydrogen-bond acceptors (Lipinski definition) is 4. The van der Waals surface area contributed by atoms with E-state index in [0.29, 0.717) is 6.10 Å². The molecule has 1 aliphatic rings. The third-order valence-electron chi connectivity index (χ3n) is 3.27. The smallest absolute Gasteiger partial charge is 0.0830 e. The highest BCUT2D eigenvalue weighted by molar-refractivity contribution is 4.81. The molecule has 4 nitrogen and oxygen atoms in total. The van der Waals surface area contributed by atoms with Crippen LogP contribution in [-0.4, -0.2) is 49.7 Å². The quantitative estimate of drug-likeness (QED) is 0.602. The lowest BCUT2D eigenvalue weighted by Crippen LogP contribution is -2.46. The largest absolute Gasteiger partial charge is 0.394 e. The Morgan fingerprint density at radius 2 is 2.35 bits per heavy atom. The standard InChI is InChI=1S/C13H27NO3/c1-3-7-14-13(2,11-15)6-4-8-17-12-5-9-16-10-12/h12,14-15H,3-11H2,1-2H3. The maximum absolute atomic E-state index is 9.40. The van der Waals surface area contributed by atoms with Gasteiger partial charge in [-0.1, -0.05) is 6.92 Å². The topological polar surface area (TPSA) is 50.7 Å². The van der Waals surface area contributed by atoms with Crippen LogP contribution in [0.5, 0.6) is 0 Å². The minimum Gasteiger partial charge on any atom is -0.394 e. The van der Waals surface area contributed by atoms with Gasteiger partial charge in [-0.15, -0.1) is 0 Å². The van der Waals surface area contributed by atoms with E-state index in [1.165, 1.54) is 0 Å². The van der Waals surface area contributed by atoms with E-state index >= 15 is 0 Å². The minimum absolute atomic E-state index is 0.161. The zero-order valence-corrected chi connectivity index (χ0v) is 11.2. The van der Waals surface area contributed by atoms with Gasteiger partial charge >= 0.3 is 0 Å². The van der Waals surface area contributed by atoms with Gasteiger partial charge in [0.05, 0.1) is 19.3 Å². The number of hydrogen-bond donors (Lipinski definition) is 2. The summed E-state index contributed by atoms with van der Waals surface area (Å²) in [4.78, 5) is 0. The molecule has 1 saturated heterocycles. The molecule has 17 heavy (non-hydrogen) atoms. The molecule has 0 bridgehead atoms. The van der Waals surface area contributed by atoms with E-state index in [-0.39, 0.29) is 12.1 Å². The molecule has 102 valence electrons. The van der Waals surface area contributed by atoms with Crippen LogP contribution in [0.25, 0.3) is 0 Å². The average Bonchev–Trinajstić information content (AvgIpc) is 2.85. The molecular weight excluding hydrogens is 218 g/mol. The molecule has 4 heteroatoms. The molecule has 1 heterocycles. The normalized spacial score (nSPS) is 23.8. The lowest BCUT2D eigenvalue weighted by atomic mass is 9.97. The Bertz CT molecular complexity index is 195. The molecule has 0 spiro atoms. The first-order valence-corrected chi connectivity index (χ1v) is 6.75. The van der Waals surface area contributed by atoms with Crippen LogP contribution in [-0.2, 0) is 9.47 Å². The number of aliphatic hydroxyl groups excluding tert-OH is 1. The van der Waals surface area contributed by atoms with E-state index in [9.17, 15) is 5.11 Å². The molecule has 0 radical (unpaired) electrons. The maximum Gasteiger partial charge on any atom is 0.0830 e. The molecule has 0 saturated carbocycles.